The topological polar surface area (TPSA) is 58.2 Å². The lowest BCUT2D eigenvalue weighted by Gasteiger charge is -2.56. The van der Waals surface area contributed by atoms with Crippen LogP contribution in [0.3, 0.4) is 0 Å². The molecule has 2 N–H and O–H groups in total. The Bertz CT molecular complexity index is 809. The highest BCUT2D eigenvalue weighted by atomic mass is 32.2. The molecule has 0 saturated heterocycles. The lowest BCUT2D eigenvalue weighted by molar-refractivity contribution is -0.130. The maximum absolute atomic E-state index is 12.8. The summed E-state index contributed by atoms with van der Waals surface area (Å²) in [5, 5.41) is 6.61. The highest BCUT2D eigenvalue weighted by molar-refractivity contribution is 8.04. The Hall–Kier alpha value is -1.75. The first-order valence-corrected chi connectivity index (χ1v) is 10.9. The van der Waals surface area contributed by atoms with Crippen LogP contribution in [0, 0.1) is 17.8 Å². The van der Waals surface area contributed by atoms with Crippen LogP contribution in [0.5, 0.6) is 0 Å². The van der Waals surface area contributed by atoms with Gasteiger partial charge >= 0.3 is 0 Å². The summed E-state index contributed by atoms with van der Waals surface area (Å²) in [6.07, 6.45) is 7.34. The first-order chi connectivity index (χ1) is 13.0. The summed E-state index contributed by atoms with van der Waals surface area (Å²) < 4.78 is 0. The number of carbonyl (C=O) groups excluding carboxylic acids is 2. The van der Waals surface area contributed by atoms with Gasteiger partial charge in [-0.3, -0.25) is 9.59 Å². The highest BCUT2D eigenvalue weighted by Gasteiger charge is 2.51. The summed E-state index contributed by atoms with van der Waals surface area (Å²) in [5.74, 6) is 2.17. The molecule has 4 saturated carbocycles. The monoisotopic (exact) mass is 382 g/mol. The van der Waals surface area contributed by atoms with Gasteiger partial charge in [0.15, 0.2) is 5.78 Å². The summed E-state index contributed by atoms with van der Waals surface area (Å²) >= 11 is 1.47. The molecule has 0 spiro atoms. The van der Waals surface area contributed by atoms with Gasteiger partial charge < -0.3 is 10.6 Å². The summed E-state index contributed by atoms with van der Waals surface area (Å²) in [5.41, 5.74) is 1.83. The normalized spacial score (nSPS) is 33.4. The van der Waals surface area contributed by atoms with Crippen molar-refractivity contribution in [2.24, 2.45) is 17.8 Å². The largest absolute Gasteiger partial charge is 0.357 e. The van der Waals surface area contributed by atoms with E-state index in [0.717, 1.165) is 53.3 Å². The second kappa shape index (κ2) is 6.40. The number of amides is 1. The summed E-state index contributed by atoms with van der Waals surface area (Å²) in [7, 11) is 0. The summed E-state index contributed by atoms with van der Waals surface area (Å²) in [6, 6.07) is 7.95. The third-order valence-electron chi connectivity index (χ3n) is 6.78. The molecule has 4 fully saturated rings. The van der Waals surface area contributed by atoms with Gasteiger partial charge in [-0.1, -0.05) is 23.9 Å². The number of hydrogen-bond donors (Lipinski definition) is 2. The van der Waals surface area contributed by atoms with Crippen molar-refractivity contribution >= 4 is 29.1 Å². The maximum atomic E-state index is 12.8. The molecule has 5 heteroatoms. The maximum Gasteiger partial charge on any atom is 0.228 e. The van der Waals surface area contributed by atoms with Crippen LogP contribution < -0.4 is 10.6 Å². The zero-order chi connectivity index (χ0) is 18.6. The smallest absolute Gasteiger partial charge is 0.228 e. The second-order valence-corrected chi connectivity index (χ2v) is 10.1. The lowest BCUT2D eigenvalue weighted by Crippen LogP contribution is -2.60. The first-order valence-electron chi connectivity index (χ1n) is 10.1. The van der Waals surface area contributed by atoms with Crippen molar-refractivity contribution in [2.75, 3.05) is 5.32 Å². The molecule has 0 atom stereocenters. The van der Waals surface area contributed by atoms with Crippen molar-refractivity contribution in [3.05, 3.63) is 34.9 Å². The van der Waals surface area contributed by atoms with Crippen LogP contribution in [0.15, 0.2) is 39.8 Å². The molecule has 1 aliphatic heterocycles. The standard InChI is InChI=1S/C22H26N2O2S/c1-13-21(27-19-5-3-2-4-17(19)23-13)18(25)9-20(26)24-22-10-14-6-15(11-22)8-16(7-14)12-22/h2-5,14-16,23H,6-12H2,1H3,(H,24,26). The van der Waals surface area contributed by atoms with Gasteiger partial charge in [0, 0.05) is 16.1 Å². The van der Waals surface area contributed by atoms with E-state index in [1.54, 1.807) is 0 Å². The Labute approximate surface area is 164 Å². The molecule has 5 aliphatic rings. The Kier molecular flexibility index (Phi) is 4.12. The van der Waals surface area contributed by atoms with E-state index in [1.807, 2.05) is 31.2 Å². The van der Waals surface area contributed by atoms with Crippen molar-refractivity contribution in [1.29, 1.82) is 0 Å². The number of nitrogens with one attached hydrogen (secondary N) is 2. The molecule has 4 aliphatic carbocycles. The first kappa shape index (κ1) is 17.4. The molecule has 4 nitrogen and oxygen atoms in total. The molecular formula is C22H26N2O2S. The van der Waals surface area contributed by atoms with Crippen LogP contribution in [0.25, 0.3) is 0 Å². The molecule has 0 radical (unpaired) electrons. The van der Waals surface area contributed by atoms with E-state index < -0.39 is 0 Å². The molecule has 1 amide bonds. The van der Waals surface area contributed by atoms with E-state index in [0.29, 0.717) is 4.91 Å². The predicted molar refractivity (Wildman–Crippen MR) is 107 cm³/mol. The Balaban J connectivity index is 1.26. The number of Topliss-reactive ketones (excluding diaryl/α,β-unsaturated/α-hetero) is 1. The van der Waals surface area contributed by atoms with Crippen molar-refractivity contribution in [1.82, 2.24) is 5.32 Å². The number of anilines is 1. The number of thioether (sulfide) groups is 1. The Morgan fingerprint density at radius 1 is 1.11 bits per heavy atom. The third-order valence-corrected chi connectivity index (χ3v) is 8.09. The minimum atomic E-state index is -0.0956. The van der Waals surface area contributed by atoms with Gasteiger partial charge in [0.2, 0.25) is 5.91 Å². The van der Waals surface area contributed by atoms with Gasteiger partial charge in [-0.05, 0) is 75.3 Å². The van der Waals surface area contributed by atoms with Crippen molar-refractivity contribution in [2.45, 2.75) is 62.3 Å². The average Bonchev–Trinajstić information content (AvgIpc) is 2.59. The van der Waals surface area contributed by atoms with E-state index in [4.69, 9.17) is 0 Å². The Morgan fingerprint density at radius 2 is 1.74 bits per heavy atom. The van der Waals surface area contributed by atoms with E-state index in [-0.39, 0.29) is 23.7 Å². The van der Waals surface area contributed by atoms with Crippen LogP contribution in [0.2, 0.25) is 0 Å². The molecule has 142 valence electrons. The van der Waals surface area contributed by atoms with Gasteiger partial charge in [0.25, 0.3) is 0 Å². The van der Waals surface area contributed by atoms with Gasteiger partial charge in [-0.25, -0.2) is 0 Å². The number of para-hydroxylation sites is 1. The van der Waals surface area contributed by atoms with Crippen LogP contribution >= 0.6 is 11.8 Å². The number of rotatable bonds is 4. The van der Waals surface area contributed by atoms with Crippen LogP contribution in [0.4, 0.5) is 5.69 Å². The number of hydrogen-bond acceptors (Lipinski definition) is 4. The fraction of sp³-hybridized carbons (Fsp3) is 0.545. The summed E-state index contributed by atoms with van der Waals surface area (Å²) in [6.45, 7) is 1.91. The number of benzene rings is 1. The number of carbonyl (C=O) groups is 2. The van der Waals surface area contributed by atoms with Gasteiger partial charge in [0.05, 0.1) is 17.0 Å². The van der Waals surface area contributed by atoms with Crippen molar-refractivity contribution < 1.29 is 9.59 Å². The minimum absolute atomic E-state index is 0.0277. The molecule has 4 bridgehead atoms. The van der Waals surface area contributed by atoms with Gasteiger partial charge in [-0.2, -0.15) is 0 Å². The molecule has 1 aromatic carbocycles. The highest BCUT2D eigenvalue weighted by Crippen LogP contribution is 2.55. The molecule has 6 rings (SSSR count). The van der Waals surface area contributed by atoms with Crippen molar-refractivity contribution in [3.63, 3.8) is 0 Å². The number of fused-ring (bicyclic) bond motifs is 1. The Morgan fingerprint density at radius 3 is 2.41 bits per heavy atom. The molecule has 0 unspecified atom stereocenters. The van der Waals surface area contributed by atoms with E-state index in [9.17, 15) is 9.59 Å². The molecule has 27 heavy (non-hydrogen) atoms. The number of allylic oxidation sites excluding steroid dienone is 2. The van der Waals surface area contributed by atoms with Crippen LogP contribution in [0.1, 0.15) is 51.9 Å². The zero-order valence-electron chi connectivity index (χ0n) is 15.7. The van der Waals surface area contributed by atoms with Gasteiger partial charge in [0.1, 0.15) is 0 Å². The zero-order valence-corrected chi connectivity index (χ0v) is 16.5. The summed E-state index contributed by atoms with van der Waals surface area (Å²) in [4.78, 5) is 27.3. The fourth-order valence-electron chi connectivity index (χ4n) is 6.20. The SMILES string of the molecule is CC1=C(C(=O)CC(=O)NC23CC4CC(CC(C4)C2)C3)Sc2ccccc2N1. The molecule has 1 heterocycles. The van der Waals surface area contributed by atoms with E-state index in [2.05, 4.69) is 10.6 Å². The van der Waals surface area contributed by atoms with E-state index in [1.165, 1.54) is 31.0 Å². The van der Waals surface area contributed by atoms with Crippen LogP contribution in [-0.2, 0) is 9.59 Å². The molecule has 0 aromatic heterocycles. The minimum Gasteiger partial charge on any atom is -0.357 e. The van der Waals surface area contributed by atoms with Gasteiger partial charge in [-0.15, -0.1) is 0 Å². The van der Waals surface area contributed by atoms with E-state index >= 15 is 0 Å². The van der Waals surface area contributed by atoms with Crippen molar-refractivity contribution in [3.8, 4) is 0 Å². The predicted octanol–water partition coefficient (Wildman–Crippen LogP) is 4.48. The molecule has 1 aromatic rings. The number of ketones is 1. The fourth-order valence-corrected chi connectivity index (χ4v) is 7.19. The van der Waals surface area contributed by atoms with Crippen LogP contribution in [-0.4, -0.2) is 17.2 Å². The lowest BCUT2D eigenvalue weighted by atomic mass is 9.53. The third kappa shape index (κ3) is 3.20. The molecular weight excluding hydrogens is 356 g/mol. The second-order valence-electron chi connectivity index (χ2n) is 9.02. The average molecular weight is 383 g/mol. The quantitative estimate of drug-likeness (QED) is 0.754.